The first-order chi connectivity index (χ1) is 10.2. The molecule has 1 unspecified atom stereocenters. The van der Waals surface area contributed by atoms with Crippen LogP contribution in [0.5, 0.6) is 0 Å². The molecule has 0 aromatic heterocycles. The Labute approximate surface area is 125 Å². The van der Waals surface area contributed by atoms with Crippen molar-refractivity contribution in [2.45, 2.75) is 19.8 Å². The molecule has 2 N–H and O–H groups in total. The van der Waals surface area contributed by atoms with Crippen LogP contribution >= 0.6 is 0 Å². The highest BCUT2D eigenvalue weighted by molar-refractivity contribution is 5.96. The number of aliphatic hydroxyl groups excluding tert-OH is 1. The third kappa shape index (κ3) is 4.59. The van der Waals surface area contributed by atoms with E-state index in [4.69, 9.17) is 9.84 Å². The Kier molecular flexibility index (Phi) is 5.79. The van der Waals surface area contributed by atoms with E-state index in [-0.39, 0.29) is 12.5 Å². The van der Waals surface area contributed by atoms with Crippen LogP contribution in [0, 0.1) is 24.7 Å². The van der Waals surface area contributed by atoms with Crippen molar-refractivity contribution in [2.75, 3.05) is 26.4 Å². The number of hydrogen-bond acceptors (Lipinski definition) is 3. The van der Waals surface area contributed by atoms with Crippen molar-refractivity contribution in [2.24, 2.45) is 5.92 Å². The SMILES string of the molecule is Cc1ccc(C#CCO)cc1C(=O)NCC1CCCOC1. The summed E-state index contributed by atoms with van der Waals surface area (Å²) in [6, 6.07) is 5.49. The average molecular weight is 287 g/mol. The number of benzene rings is 1. The minimum absolute atomic E-state index is 0.0780. The molecule has 0 saturated carbocycles. The molecule has 21 heavy (non-hydrogen) atoms. The second kappa shape index (κ2) is 7.82. The molecule has 112 valence electrons. The van der Waals surface area contributed by atoms with E-state index in [2.05, 4.69) is 17.2 Å². The molecule has 0 bridgehead atoms. The Balaban J connectivity index is 2.00. The van der Waals surface area contributed by atoms with Gasteiger partial charge in [-0.05, 0) is 43.4 Å². The Morgan fingerprint density at radius 2 is 2.38 bits per heavy atom. The van der Waals surface area contributed by atoms with Crippen LogP contribution in [0.2, 0.25) is 0 Å². The van der Waals surface area contributed by atoms with Crippen LogP contribution in [-0.4, -0.2) is 37.4 Å². The lowest BCUT2D eigenvalue weighted by Crippen LogP contribution is -2.33. The molecule has 0 radical (unpaired) electrons. The molecule has 4 heteroatoms. The molecular formula is C17H21NO3. The summed E-state index contributed by atoms with van der Waals surface area (Å²) >= 11 is 0. The molecular weight excluding hydrogens is 266 g/mol. The number of amides is 1. The van der Waals surface area contributed by atoms with Crippen LogP contribution in [-0.2, 0) is 4.74 Å². The van der Waals surface area contributed by atoms with Crippen LogP contribution in [0.15, 0.2) is 18.2 Å². The number of carbonyl (C=O) groups is 1. The monoisotopic (exact) mass is 287 g/mol. The summed E-state index contributed by atoms with van der Waals surface area (Å²) in [5, 5.41) is 11.7. The molecule has 1 aromatic rings. The lowest BCUT2D eigenvalue weighted by molar-refractivity contribution is 0.0536. The van der Waals surface area contributed by atoms with Gasteiger partial charge in [-0.3, -0.25) is 4.79 Å². The highest BCUT2D eigenvalue weighted by Crippen LogP contribution is 2.14. The molecule has 1 amide bonds. The minimum atomic E-state index is -0.183. The van der Waals surface area contributed by atoms with Gasteiger partial charge in [0.25, 0.3) is 5.91 Å². The van der Waals surface area contributed by atoms with Gasteiger partial charge < -0.3 is 15.2 Å². The number of aliphatic hydroxyl groups is 1. The molecule has 1 aliphatic rings. The van der Waals surface area contributed by atoms with Crippen molar-refractivity contribution in [3.8, 4) is 11.8 Å². The topological polar surface area (TPSA) is 58.6 Å². The first kappa shape index (κ1) is 15.6. The smallest absolute Gasteiger partial charge is 0.251 e. The van der Waals surface area contributed by atoms with Crippen molar-refractivity contribution >= 4 is 5.91 Å². The fourth-order valence-corrected chi connectivity index (χ4v) is 2.39. The van der Waals surface area contributed by atoms with Crippen LogP contribution in [0.1, 0.15) is 34.3 Å². The predicted molar refractivity (Wildman–Crippen MR) is 81.0 cm³/mol. The van der Waals surface area contributed by atoms with Gasteiger partial charge in [0.2, 0.25) is 0 Å². The van der Waals surface area contributed by atoms with Crippen LogP contribution in [0.3, 0.4) is 0 Å². The lowest BCUT2D eigenvalue weighted by Gasteiger charge is -2.22. The van der Waals surface area contributed by atoms with Crippen LogP contribution in [0.4, 0.5) is 0 Å². The van der Waals surface area contributed by atoms with Crippen molar-refractivity contribution in [3.05, 3.63) is 34.9 Å². The average Bonchev–Trinajstić information content (AvgIpc) is 2.53. The molecule has 4 nitrogen and oxygen atoms in total. The number of nitrogens with one attached hydrogen (secondary N) is 1. The summed E-state index contributed by atoms with van der Waals surface area (Å²) in [6.07, 6.45) is 2.16. The molecule has 0 aliphatic carbocycles. The van der Waals surface area contributed by atoms with Crippen molar-refractivity contribution < 1.29 is 14.6 Å². The second-order valence-corrected chi connectivity index (χ2v) is 5.28. The van der Waals surface area contributed by atoms with Gasteiger partial charge in [-0.2, -0.15) is 0 Å². The number of aryl methyl sites for hydroxylation is 1. The Hall–Kier alpha value is -1.83. The zero-order valence-corrected chi connectivity index (χ0v) is 12.3. The molecule has 1 atom stereocenters. The van der Waals surface area contributed by atoms with Gasteiger partial charge in [-0.1, -0.05) is 17.9 Å². The maximum Gasteiger partial charge on any atom is 0.251 e. The van der Waals surface area contributed by atoms with Crippen molar-refractivity contribution in [3.63, 3.8) is 0 Å². The van der Waals surface area contributed by atoms with Gasteiger partial charge in [-0.25, -0.2) is 0 Å². The largest absolute Gasteiger partial charge is 0.384 e. The molecule has 2 rings (SSSR count). The molecule has 1 saturated heterocycles. The number of ether oxygens (including phenoxy) is 1. The third-order valence-corrected chi connectivity index (χ3v) is 3.60. The Morgan fingerprint density at radius 3 is 3.10 bits per heavy atom. The summed E-state index contributed by atoms with van der Waals surface area (Å²) in [4.78, 5) is 12.3. The Bertz CT molecular complexity index is 551. The molecule has 0 spiro atoms. The van der Waals surface area contributed by atoms with E-state index in [0.717, 1.165) is 37.2 Å². The van der Waals surface area contributed by atoms with Gasteiger partial charge >= 0.3 is 0 Å². The predicted octanol–water partition coefficient (Wildman–Crippen LogP) is 1.50. The number of rotatable bonds is 3. The van der Waals surface area contributed by atoms with E-state index in [1.807, 2.05) is 19.1 Å². The van der Waals surface area contributed by atoms with Crippen molar-refractivity contribution in [1.29, 1.82) is 0 Å². The Morgan fingerprint density at radius 1 is 1.52 bits per heavy atom. The van der Waals surface area contributed by atoms with E-state index in [1.54, 1.807) is 6.07 Å². The summed E-state index contributed by atoms with van der Waals surface area (Å²) < 4.78 is 5.41. The number of hydrogen-bond donors (Lipinski definition) is 2. The quantitative estimate of drug-likeness (QED) is 0.828. The summed E-state index contributed by atoms with van der Waals surface area (Å²) in [6.45, 7) is 3.92. The van der Waals surface area contributed by atoms with Gasteiger partial charge in [-0.15, -0.1) is 0 Å². The van der Waals surface area contributed by atoms with Gasteiger partial charge in [0.05, 0.1) is 6.61 Å². The highest BCUT2D eigenvalue weighted by Gasteiger charge is 2.16. The molecule has 1 aromatic carbocycles. The molecule has 1 heterocycles. The first-order valence-corrected chi connectivity index (χ1v) is 7.27. The fraction of sp³-hybridized carbons (Fsp3) is 0.471. The highest BCUT2D eigenvalue weighted by atomic mass is 16.5. The van der Waals surface area contributed by atoms with E-state index in [9.17, 15) is 4.79 Å². The molecule has 1 aliphatic heterocycles. The summed E-state index contributed by atoms with van der Waals surface area (Å²) in [7, 11) is 0. The normalized spacial score (nSPS) is 17.7. The summed E-state index contributed by atoms with van der Waals surface area (Å²) in [5.41, 5.74) is 2.29. The van der Waals surface area contributed by atoms with Crippen molar-refractivity contribution in [1.82, 2.24) is 5.32 Å². The van der Waals surface area contributed by atoms with Crippen LogP contribution in [0.25, 0.3) is 0 Å². The van der Waals surface area contributed by atoms with E-state index >= 15 is 0 Å². The van der Waals surface area contributed by atoms with E-state index < -0.39 is 0 Å². The fourth-order valence-electron chi connectivity index (χ4n) is 2.39. The zero-order chi connectivity index (χ0) is 15.1. The van der Waals surface area contributed by atoms with E-state index in [1.165, 1.54) is 0 Å². The minimum Gasteiger partial charge on any atom is -0.384 e. The third-order valence-electron chi connectivity index (χ3n) is 3.60. The van der Waals surface area contributed by atoms with Crippen LogP contribution < -0.4 is 5.32 Å². The summed E-state index contributed by atoms with van der Waals surface area (Å²) in [5.74, 6) is 5.74. The van der Waals surface area contributed by atoms with Gasteiger partial charge in [0.1, 0.15) is 6.61 Å². The number of carbonyl (C=O) groups excluding carboxylic acids is 1. The first-order valence-electron chi connectivity index (χ1n) is 7.27. The lowest BCUT2D eigenvalue weighted by atomic mass is 10.0. The maximum absolute atomic E-state index is 12.3. The van der Waals surface area contributed by atoms with Gasteiger partial charge in [0.15, 0.2) is 0 Å². The van der Waals surface area contributed by atoms with E-state index in [0.29, 0.717) is 18.0 Å². The standard InChI is InChI=1S/C17H21NO3/c1-13-6-7-14(4-2-8-19)10-16(13)17(20)18-11-15-5-3-9-21-12-15/h6-7,10,15,19H,3,5,8-9,11-12H2,1H3,(H,18,20). The van der Waals surface area contributed by atoms with Gasteiger partial charge in [0, 0.05) is 24.3 Å². The second-order valence-electron chi connectivity index (χ2n) is 5.28. The zero-order valence-electron chi connectivity index (χ0n) is 12.3. The maximum atomic E-state index is 12.3. The molecule has 1 fully saturated rings.